The number of benzene rings is 5. The van der Waals surface area contributed by atoms with E-state index in [0.717, 1.165) is 102 Å². The molecule has 1 saturated heterocycles. The van der Waals surface area contributed by atoms with Crippen LogP contribution in [0.2, 0.25) is 0 Å². The molecule has 7 heteroatoms. The molecular formula is C58H59N5O2. The van der Waals surface area contributed by atoms with E-state index in [1.165, 1.54) is 81.8 Å². The molecule has 0 unspecified atom stereocenters. The number of fused-ring (bicyclic) bond motifs is 3. The Morgan fingerprint density at radius 1 is 0.692 bits per heavy atom. The average Bonchev–Trinajstić information content (AvgIpc) is 4.13. The molecule has 0 bridgehead atoms. The van der Waals surface area contributed by atoms with E-state index in [9.17, 15) is 9.59 Å². The highest BCUT2D eigenvalue weighted by Gasteiger charge is 2.57. The Morgan fingerprint density at radius 2 is 1.34 bits per heavy atom. The van der Waals surface area contributed by atoms with E-state index in [-0.39, 0.29) is 22.8 Å². The molecule has 4 heterocycles. The van der Waals surface area contributed by atoms with Gasteiger partial charge in [0.25, 0.3) is 5.91 Å². The van der Waals surface area contributed by atoms with Crippen LogP contribution in [0.25, 0.3) is 65.6 Å². The summed E-state index contributed by atoms with van der Waals surface area (Å²) in [5, 5.41) is 9.51. The van der Waals surface area contributed by atoms with Gasteiger partial charge in [-0.25, -0.2) is 4.98 Å². The summed E-state index contributed by atoms with van der Waals surface area (Å²) in [4.78, 5) is 42.2. The van der Waals surface area contributed by atoms with Crippen LogP contribution >= 0.6 is 0 Å². The van der Waals surface area contributed by atoms with Crippen molar-refractivity contribution in [2.45, 2.75) is 115 Å². The second-order valence-corrected chi connectivity index (χ2v) is 21.0. The van der Waals surface area contributed by atoms with Crippen molar-refractivity contribution in [2.75, 3.05) is 31.1 Å². The van der Waals surface area contributed by atoms with E-state index >= 15 is 0 Å². The van der Waals surface area contributed by atoms with Crippen molar-refractivity contribution >= 4 is 72.1 Å². The van der Waals surface area contributed by atoms with Crippen molar-refractivity contribution in [3.05, 3.63) is 120 Å². The van der Waals surface area contributed by atoms with Crippen LogP contribution in [0.1, 0.15) is 125 Å². The molecule has 1 aromatic heterocycles. The van der Waals surface area contributed by atoms with E-state index in [1.807, 2.05) is 17.2 Å². The van der Waals surface area contributed by atoms with Gasteiger partial charge in [-0.2, -0.15) is 0 Å². The average molecular weight is 858 g/mol. The Kier molecular flexibility index (Phi) is 9.29. The largest absolute Gasteiger partial charge is 0.353 e. The van der Waals surface area contributed by atoms with Crippen LogP contribution in [0.15, 0.2) is 97.6 Å². The number of amides is 2. The molecule has 0 atom stereocenters. The zero-order valence-electron chi connectivity index (χ0n) is 38.4. The number of carbonyl (C=O) groups excluding carboxylic acids is 2. The third-order valence-corrected chi connectivity index (χ3v) is 16.0. The number of piperazine rings is 1. The maximum Gasteiger partial charge on any atom is 0.255 e. The summed E-state index contributed by atoms with van der Waals surface area (Å²) in [7, 11) is 0. The summed E-state index contributed by atoms with van der Waals surface area (Å²) in [5.41, 5.74) is 15.3. The molecule has 5 aromatic carbocycles. The van der Waals surface area contributed by atoms with E-state index in [0.29, 0.717) is 25.2 Å². The Balaban J connectivity index is 1.05. The minimum absolute atomic E-state index is 0.0390. The van der Waals surface area contributed by atoms with Gasteiger partial charge in [0.15, 0.2) is 0 Å². The number of anilines is 1. The Morgan fingerprint density at radius 3 is 2.00 bits per heavy atom. The zero-order chi connectivity index (χ0) is 44.4. The smallest absolute Gasteiger partial charge is 0.255 e. The van der Waals surface area contributed by atoms with E-state index in [1.54, 1.807) is 6.08 Å². The highest BCUT2D eigenvalue weighted by Crippen LogP contribution is 2.60. The van der Waals surface area contributed by atoms with Crippen molar-refractivity contribution in [1.82, 2.24) is 19.7 Å². The van der Waals surface area contributed by atoms with Gasteiger partial charge in [0.1, 0.15) is 5.82 Å². The van der Waals surface area contributed by atoms with Crippen LogP contribution in [0.4, 0.5) is 5.82 Å². The van der Waals surface area contributed by atoms with Gasteiger partial charge in [-0.3, -0.25) is 9.59 Å². The highest BCUT2D eigenvalue weighted by molar-refractivity contribution is 6.39. The predicted octanol–water partition coefficient (Wildman–Crippen LogP) is 12.7. The SMILES string of the molecule is C=C=C1c2ccc3c4ccc5c6c(ccc(c7c(-c8ccc(N9CCN(C(=O)/C=C\C(C)(C)C)CC9)nc8)cc(c2c37)C(=C=C)N1C1CCCCC1)c64)C(=O)N(C1CCCCC1)C51CC1. The minimum atomic E-state index is -0.215. The lowest BCUT2D eigenvalue weighted by Crippen LogP contribution is -2.50. The van der Waals surface area contributed by atoms with Gasteiger partial charge < -0.3 is 19.6 Å². The van der Waals surface area contributed by atoms with Gasteiger partial charge in [-0.15, -0.1) is 11.5 Å². The summed E-state index contributed by atoms with van der Waals surface area (Å²) < 4.78 is 0. The second kappa shape index (κ2) is 15.0. The first kappa shape index (κ1) is 40.4. The fraction of sp³-hybridized carbons (Fsp3) is 0.397. The molecule has 12 rings (SSSR count). The number of pyridine rings is 1. The summed E-state index contributed by atoms with van der Waals surface area (Å²) in [6.45, 7) is 17.8. The third-order valence-electron chi connectivity index (χ3n) is 16.0. The Hall–Kier alpha value is -6.13. The quantitative estimate of drug-likeness (QED) is 0.0748. The summed E-state index contributed by atoms with van der Waals surface area (Å²) >= 11 is 0. The summed E-state index contributed by atoms with van der Waals surface area (Å²) in [6.07, 6.45) is 19.6. The molecule has 6 aliphatic rings. The first-order chi connectivity index (χ1) is 31.6. The van der Waals surface area contributed by atoms with Crippen molar-refractivity contribution in [3.63, 3.8) is 0 Å². The molecule has 3 aliphatic heterocycles. The zero-order valence-corrected chi connectivity index (χ0v) is 38.4. The van der Waals surface area contributed by atoms with Crippen LogP contribution in [-0.2, 0) is 10.3 Å². The molecular weight excluding hydrogens is 799 g/mol. The van der Waals surface area contributed by atoms with E-state index in [2.05, 4.69) is 115 Å². The normalized spacial score (nSPS) is 20.3. The summed E-state index contributed by atoms with van der Waals surface area (Å²) in [5.74, 6) is 1.21. The molecule has 7 nitrogen and oxygen atoms in total. The van der Waals surface area contributed by atoms with Crippen LogP contribution < -0.4 is 4.90 Å². The van der Waals surface area contributed by atoms with E-state index < -0.39 is 0 Å². The van der Waals surface area contributed by atoms with Gasteiger partial charge in [-0.05, 0) is 118 Å². The minimum Gasteiger partial charge on any atom is -0.353 e. The lowest BCUT2D eigenvalue weighted by molar-refractivity contribution is -0.126. The number of allylic oxidation sites excluding steroid dienone is 1. The van der Waals surface area contributed by atoms with Crippen LogP contribution in [0.3, 0.4) is 0 Å². The fourth-order valence-corrected chi connectivity index (χ4v) is 12.9. The van der Waals surface area contributed by atoms with Crippen molar-refractivity contribution in [1.29, 1.82) is 0 Å². The highest BCUT2D eigenvalue weighted by atomic mass is 16.2. The first-order valence-electron chi connectivity index (χ1n) is 24.5. The van der Waals surface area contributed by atoms with Gasteiger partial charge in [-0.1, -0.05) is 109 Å². The molecule has 2 amide bonds. The molecule has 6 aromatic rings. The Bertz CT molecular complexity index is 3110. The molecule has 3 aliphatic carbocycles. The van der Waals surface area contributed by atoms with Crippen LogP contribution in [0.5, 0.6) is 0 Å². The molecule has 328 valence electrons. The molecule has 0 radical (unpaired) electrons. The van der Waals surface area contributed by atoms with Gasteiger partial charge in [0.05, 0.1) is 16.9 Å². The number of hydrogen-bond donors (Lipinski definition) is 0. The monoisotopic (exact) mass is 857 g/mol. The Labute approximate surface area is 382 Å². The molecule has 4 fully saturated rings. The second-order valence-electron chi connectivity index (χ2n) is 21.0. The van der Waals surface area contributed by atoms with Crippen molar-refractivity contribution < 1.29 is 9.59 Å². The number of aromatic nitrogens is 1. The first-order valence-corrected chi connectivity index (χ1v) is 24.5. The van der Waals surface area contributed by atoms with Crippen LogP contribution in [0, 0.1) is 5.41 Å². The topological polar surface area (TPSA) is 60.0 Å². The van der Waals surface area contributed by atoms with Crippen molar-refractivity contribution in [3.8, 4) is 11.1 Å². The fourth-order valence-electron chi connectivity index (χ4n) is 12.9. The number of hydrogen-bond acceptors (Lipinski definition) is 5. The standard InChI is InChI=1S/C58H59N5O2/c1-6-47-41-20-19-40-39-23-24-46-54-43(56(65)63(58(46)28-29-58)38-16-12-9-13-17-38)22-21-42(51(39)54)53-44(34-45(52(41)55(40)53)48(7-2)62(47)37-14-10-8-11-15-37)36-18-25-49(59-35-36)60-30-32-61(33-31-60)50(64)26-27-57(3,4)5/h18-27,34-35,37-38H,1-2,8-17,28-33H2,3-5H3/b27-26-. The maximum absolute atomic E-state index is 15.0. The van der Waals surface area contributed by atoms with Crippen LogP contribution in [-0.4, -0.2) is 69.8 Å². The molecule has 0 N–H and O–H groups in total. The number of rotatable bonds is 5. The van der Waals surface area contributed by atoms with Crippen molar-refractivity contribution in [2.24, 2.45) is 5.41 Å². The van der Waals surface area contributed by atoms with Gasteiger partial charge >= 0.3 is 0 Å². The number of nitrogens with zero attached hydrogens (tertiary/aromatic N) is 5. The molecule has 3 saturated carbocycles. The lowest BCUT2D eigenvalue weighted by Gasteiger charge is -2.44. The summed E-state index contributed by atoms with van der Waals surface area (Å²) in [6, 6.07) is 21.2. The van der Waals surface area contributed by atoms with Gasteiger partial charge in [0.2, 0.25) is 5.91 Å². The molecule has 65 heavy (non-hydrogen) atoms. The number of carbonyl (C=O) groups is 2. The maximum atomic E-state index is 15.0. The van der Waals surface area contributed by atoms with Gasteiger partial charge in [0, 0.05) is 77.5 Å². The third kappa shape index (κ3) is 6.12. The van der Waals surface area contributed by atoms with E-state index in [4.69, 9.17) is 4.98 Å². The lowest BCUT2D eigenvalue weighted by atomic mass is 9.77. The molecule has 1 spiro atoms. The predicted molar refractivity (Wildman–Crippen MR) is 266 cm³/mol.